The quantitative estimate of drug-likeness (QED) is 0.888. The SMILES string of the molecule is CCC1(C(=O)Nc2ccc3c(c2)CCC3)CCNCC1. The van der Waals surface area contributed by atoms with E-state index in [9.17, 15) is 4.79 Å². The van der Waals surface area contributed by atoms with E-state index in [1.165, 1.54) is 24.0 Å². The molecule has 0 spiro atoms. The number of carbonyl (C=O) groups excluding carboxylic acids is 1. The molecule has 0 radical (unpaired) electrons. The van der Waals surface area contributed by atoms with Gasteiger partial charge in [0.25, 0.3) is 0 Å². The molecule has 1 heterocycles. The number of rotatable bonds is 3. The molecule has 1 aromatic carbocycles. The van der Waals surface area contributed by atoms with Gasteiger partial charge in [0.1, 0.15) is 0 Å². The molecule has 3 nitrogen and oxygen atoms in total. The lowest BCUT2D eigenvalue weighted by atomic mass is 9.76. The van der Waals surface area contributed by atoms with E-state index in [0.29, 0.717) is 0 Å². The van der Waals surface area contributed by atoms with Gasteiger partial charge in [-0.25, -0.2) is 0 Å². The minimum absolute atomic E-state index is 0.176. The summed E-state index contributed by atoms with van der Waals surface area (Å²) in [6, 6.07) is 6.41. The number of fused-ring (bicyclic) bond motifs is 1. The van der Waals surface area contributed by atoms with E-state index in [-0.39, 0.29) is 11.3 Å². The number of piperidine rings is 1. The van der Waals surface area contributed by atoms with Crippen molar-refractivity contribution in [2.75, 3.05) is 18.4 Å². The molecule has 1 saturated heterocycles. The number of carbonyl (C=O) groups is 1. The van der Waals surface area contributed by atoms with Crippen molar-refractivity contribution in [3.05, 3.63) is 29.3 Å². The molecule has 1 aromatic rings. The van der Waals surface area contributed by atoms with Crippen LogP contribution in [0.3, 0.4) is 0 Å². The Morgan fingerprint density at radius 3 is 2.75 bits per heavy atom. The van der Waals surface area contributed by atoms with Crippen molar-refractivity contribution in [3.63, 3.8) is 0 Å². The summed E-state index contributed by atoms with van der Waals surface area (Å²) in [6.07, 6.45) is 6.40. The van der Waals surface area contributed by atoms with Crippen LogP contribution in [0.2, 0.25) is 0 Å². The third-order valence-corrected chi connectivity index (χ3v) is 5.08. The Morgan fingerprint density at radius 1 is 1.25 bits per heavy atom. The van der Waals surface area contributed by atoms with E-state index >= 15 is 0 Å². The smallest absolute Gasteiger partial charge is 0.230 e. The fourth-order valence-corrected chi connectivity index (χ4v) is 3.56. The average Bonchev–Trinajstić information content (AvgIpc) is 2.95. The first kappa shape index (κ1) is 13.6. The third kappa shape index (κ3) is 2.47. The van der Waals surface area contributed by atoms with Gasteiger partial charge in [-0.3, -0.25) is 4.79 Å². The second-order valence-electron chi connectivity index (χ2n) is 6.18. The molecule has 0 bridgehead atoms. The van der Waals surface area contributed by atoms with Crippen LogP contribution in [-0.4, -0.2) is 19.0 Å². The molecule has 20 heavy (non-hydrogen) atoms. The number of hydrogen-bond acceptors (Lipinski definition) is 2. The molecule has 2 N–H and O–H groups in total. The molecule has 0 atom stereocenters. The first-order chi connectivity index (χ1) is 9.73. The zero-order valence-electron chi connectivity index (χ0n) is 12.3. The molecule has 1 aliphatic heterocycles. The molecule has 3 heteroatoms. The van der Waals surface area contributed by atoms with Crippen LogP contribution in [0.1, 0.15) is 43.7 Å². The summed E-state index contributed by atoms with van der Waals surface area (Å²) in [4.78, 5) is 12.7. The van der Waals surface area contributed by atoms with Crippen LogP contribution in [0.5, 0.6) is 0 Å². The van der Waals surface area contributed by atoms with Crippen LogP contribution in [-0.2, 0) is 17.6 Å². The Kier molecular flexibility index (Phi) is 3.79. The van der Waals surface area contributed by atoms with Crippen LogP contribution in [0, 0.1) is 5.41 Å². The molecule has 1 aliphatic carbocycles. The van der Waals surface area contributed by atoms with E-state index in [2.05, 4.69) is 35.8 Å². The number of nitrogens with one attached hydrogen (secondary N) is 2. The van der Waals surface area contributed by atoms with Crippen LogP contribution in [0.4, 0.5) is 5.69 Å². The maximum Gasteiger partial charge on any atom is 0.230 e. The first-order valence-corrected chi connectivity index (χ1v) is 7.87. The van der Waals surface area contributed by atoms with Gasteiger partial charge in [-0.2, -0.15) is 0 Å². The first-order valence-electron chi connectivity index (χ1n) is 7.87. The second-order valence-corrected chi connectivity index (χ2v) is 6.18. The lowest BCUT2D eigenvalue weighted by Gasteiger charge is -2.35. The fourth-order valence-electron chi connectivity index (χ4n) is 3.56. The second kappa shape index (κ2) is 5.57. The van der Waals surface area contributed by atoms with Gasteiger partial charge in [0.15, 0.2) is 0 Å². The highest BCUT2D eigenvalue weighted by Gasteiger charge is 2.37. The van der Waals surface area contributed by atoms with Gasteiger partial charge in [-0.05, 0) is 74.9 Å². The van der Waals surface area contributed by atoms with Crippen LogP contribution < -0.4 is 10.6 Å². The summed E-state index contributed by atoms with van der Waals surface area (Å²) < 4.78 is 0. The molecule has 0 saturated carbocycles. The Labute approximate surface area is 121 Å². The van der Waals surface area contributed by atoms with E-state index in [4.69, 9.17) is 0 Å². The Balaban J connectivity index is 1.74. The van der Waals surface area contributed by atoms with Crippen molar-refractivity contribution in [1.82, 2.24) is 5.32 Å². The number of hydrogen-bond donors (Lipinski definition) is 2. The monoisotopic (exact) mass is 272 g/mol. The lowest BCUT2D eigenvalue weighted by molar-refractivity contribution is -0.127. The van der Waals surface area contributed by atoms with Crippen molar-refractivity contribution < 1.29 is 4.79 Å². The van der Waals surface area contributed by atoms with Gasteiger partial charge in [0, 0.05) is 5.69 Å². The zero-order valence-corrected chi connectivity index (χ0v) is 12.3. The number of amides is 1. The summed E-state index contributed by atoms with van der Waals surface area (Å²) in [7, 11) is 0. The molecular formula is C17H24N2O. The van der Waals surface area contributed by atoms with Gasteiger partial charge in [-0.15, -0.1) is 0 Å². The van der Waals surface area contributed by atoms with Gasteiger partial charge in [0.05, 0.1) is 5.41 Å². The number of aryl methyl sites for hydroxylation is 2. The third-order valence-electron chi connectivity index (χ3n) is 5.08. The molecular weight excluding hydrogens is 248 g/mol. The van der Waals surface area contributed by atoms with Gasteiger partial charge >= 0.3 is 0 Å². The summed E-state index contributed by atoms with van der Waals surface area (Å²) in [6.45, 7) is 4.03. The molecule has 2 aliphatic rings. The standard InChI is InChI=1S/C17H24N2O/c1-2-17(8-10-18-11-9-17)16(20)19-15-7-6-13-4-3-5-14(13)12-15/h6-7,12,18H,2-5,8-11H2,1H3,(H,19,20). The van der Waals surface area contributed by atoms with Crippen LogP contribution in [0.15, 0.2) is 18.2 Å². The van der Waals surface area contributed by atoms with Gasteiger partial charge in [-0.1, -0.05) is 13.0 Å². The summed E-state index contributed by atoms with van der Waals surface area (Å²) in [5.74, 6) is 0.208. The minimum atomic E-state index is -0.176. The zero-order chi connectivity index (χ0) is 14.0. The number of anilines is 1. The average molecular weight is 272 g/mol. The normalized spacial score (nSPS) is 20.4. The van der Waals surface area contributed by atoms with Gasteiger partial charge < -0.3 is 10.6 Å². The Hall–Kier alpha value is -1.35. The molecule has 0 unspecified atom stereocenters. The van der Waals surface area contributed by atoms with Crippen molar-refractivity contribution in [3.8, 4) is 0 Å². The van der Waals surface area contributed by atoms with Crippen molar-refractivity contribution in [1.29, 1.82) is 0 Å². The minimum Gasteiger partial charge on any atom is -0.326 e. The highest BCUT2D eigenvalue weighted by molar-refractivity contribution is 5.95. The molecule has 1 fully saturated rings. The summed E-state index contributed by atoms with van der Waals surface area (Å²) in [5, 5.41) is 6.51. The van der Waals surface area contributed by atoms with Gasteiger partial charge in [0.2, 0.25) is 5.91 Å². The molecule has 1 amide bonds. The topological polar surface area (TPSA) is 41.1 Å². The predicted octanol–water partition coefficient (Wildman–Crippen LogP) is 2.89. The fraction of sp³-hybridized carbons (Fsp3) is 0.588. The Bertz CT molecular complexity index is 504. The largest absolute Gasteiger partial charge is 0.326 e. The van der Waals surface area contributed by atoms with Crippen LogP contribution >= 0.6 is 0 Å². The van der Waals surface area contributed by atoms with Crippen molar-refractivity contribution in [2.45, 2.75) is 45.4 Å². The lowest BCUT2D eigenvalue weighted by Crippen LogP contribution is -2.44. The Morgan fingerprint density at radius 2 is 2.00 bits per heavy atom. The maximum atomic E-state index is 12.7. The summed E-state index contributed by atoms with van der Waals surface area (Å²) >= 11 is 0. The maximum absolute atomic E-state index is 12.7. The highest BCUT2D eigenvalue weighted by atomic mass is 16.2. The summed E-state index contributed by atoms with van der Waals surface area (Å²) in [5.41, 5.74) is 3.67. The van der Waals surface area contributed by atoms with Crippen molar-refractivity contribution >= 4 is 11.6 Å². The predicted molar refractivity (Wildman–Crippen MR) is 81.9 cm³/mol. The van der Waals surface area contributed by atoms with Crippen molar-refractivity contribution in [2.24, 2.45) is 5.41 Å². The number of benzene rings is 1. The van der Waals surface area contributed by atoms with E-state index < -0.39 is 0 Å². The van der Waals surface area contributed by atoms with Crippen LogP contribution in [0.25, 0.3) is 0 Å². The van der Waals surface area contributed by atoms with E-state index in [0.717, 1.165) is 44.5 Å². The van der Waals surface area contributed by atoms with E-state index in [1.807, 2.05) is 0 Å². The molecule has 108 valence electrons. The highest BCUT2D eigenvalue weighted by Crippen LogP contribution is 2.34. The van der Waals surface area contributed by atoms with E-state index in [1.54, 1.807) is 0 Å². The molecule has 3 rings (SSSR count). The molecule has 0 aromatic heterocycles.